The van der Waals surface area contributed by atoms with Crippen molar-refractivity contribution >= 4 is 6.09 Å². The number of benzene rings is 1. The topological polar surface area (TPSA) is 71.2 Å². The summed E-state index contributed by atoms with van der Waals surface area (Å²) >= 11 is 0. The Bertz CT molecular complexity index is 597. The predicted molar refractivity (Wildman–Crippen MR) is 72.8 cm³/mol. The zero-order valence-corrected chi connectivity index (χ0v) is 11.0. The van der Waals surface area contributed by atoms with Gasteiger partial charge in [0.25, 0.3) is 0 Å². The van der Waals surface area contributed by atoms with Crippen molar-refractivity contribution in [2.45, 2.75) is 25.3 Å². The zero-order valence-electron chi connectivity index (χ0n) is 11.0. The summed E-state index contributed by atoms with van der Waals surface area (Å²) in [5.74, 6) is 0. The van der Waals surface area contributed by atoms with E-state index in [0.717, 1.165) is 30.5 Å². The van der Waals surface area contributed by atoms with Gasteiger partial charge in [-0.2, -0.15) is 15.0 Å². The molecule has 3 rings (SSSR count). The largest absolute Gasteiger partial charge is 0.465 e. The third-order valence-electron chi connectivity index (χ3n) is 3.65. The highest BCUT2D eigenvalue weighted by Gasteiger charge is 2.28. The molecule has 1 aromatic heterocycles. The summed E-state index contributed by atoms with van der Waals surface area (Å²) in [7, 11) is 0. The summed E-state index contributed by atoms with van der Waals surface area (Å²) in [5.41, 5.74) is 2.00. The van der Waals surface area contributed by atoms with E-state index in [1.165, 1.54) is 0 Å². The SMILES string of the molecule is O=C(O)N1CCC[C@H]1Cc1cccc(-n2nccn2)c1. The van der Waals surface area contributed by atoms with Crippen LogP contribution in [0, 0.1) is 0 Å². The molecule has 2 aromatic rings. The Labute approximate surface area is 116 Å². The summed E-state index contributed by atoms with van der Waals surface area (Å²) in [6, 6.07) is 8.00. The zero-order chi connectivity index (χ0) is 13.9. The minimum absolute atomic E-state index is 0.0772. The lowest BCUT2D eigenvalue weighted by Gasteiger charge is -2.21. The monoisotopic (exact) mass is 272 g/mol. The number of nitrogens with zero attached hydrogens (tertiary/aromatic N) is 4. The fraction of sp³-hybridized carbons (Fsp3) is 0.357. The average Bonchev–Trinajstić information content (AvgIpc) is 3.10. The molecule has 1 aliphatic heterocycles. The molecule has 0 unspecified atom stereocenters. The molecule has 0 saturated carbocycles. The van der Waals surface area contributed by atoms with E-state index in [-0.39, 0.29) is 6.04 Å². The highest BCUT2D eigenvalue weighted by molar-refractivity contribution is 5.65. The number of rotatable bonds is 3. The standard InChI is InChI=1S/C14H16N4O2/c19-14(20)17-8-2-5-12(17)9-11-3-1-4-13(10-11)18-15-6-7-16-18/h1,3-4,6-7,10,12H,2,5,8-9H2,(H,19,20)/t12-/m0/s1. The van der Waals surface area contributed by atoms with E-state index in [4.69, 9.17) is 5.11 Å². The highest BCUT2D eigenvalue weighted by Crippen LogP contribution is 2.22. The van der Waals surface area contributed by atoms with Crippen LogP contribution in [0.1, 0.15) is 18.4 Å². The maximum absolute atomic E-state index is 11.2. The second-order valence-corrected chi connectivity index (χ2v) is 4.96. The molecular formula is C14H16N4O2. The van der Waals surface area contributed by atoms with E-state index in [9.17, 15) is 4.79 Å². The van der Waals surface area contributed by atoms with Gasteiger partial charge < -0.3 is 10.0 Å². The molecule has 0 aliphatic carbocycles. The number of aromatic nitrogens is 3. The molecule has 1 amide bonds. The average molecular weight is 272 g/mol. The molecule has 20 heavy (non-hydrogen) atoms. The molecule has 0 spiro atoms. The number of likely N-dealkylation sites (tertiary alicyclic amines) is 1. The van der Waals surface area contributed by atoms with Crippen molar-refractivity contribution in [3.63, 3.8) is 0 Å². The molecule has 1 saturated heterocycles. The number of hydrogen-bond donors (Lipinski definition) is 1. The molecular weight excluding hydrogens is 256 g/mol. The van der Waals surface area contributed by atoms with Crippen molar-refractivity contribution in [2.24, 2.45) is 0 Å². The molecule has 1 fully saturated rings. The summed E-state index contributed by atoms with van der Waals surface area (Å²) in [5, 5.41) is 17.4. The van der Waals surface area contributed by atoms with Crippen LogP contribution in [0.25, 0.3) is 5.69 Å². The van der Waals surface area contributed by atoms with Gasteiger partial charge in [-0.25, -0.2) is 4.79 Å². The first-order valence-corrected chi connectivity index (χ1v) is 6.69. The minimum atomic E-state index is -0.822. The highest BCUT2D eigenvalue weighted by atomic mass is 16.4. The van der Waals surface area contributed by atoms with Gasteiger partial charge in [0.1, 0.15) is 0 Å². The fourth-order valence-corrected chi connectivity index (χ4v) is 2.73. The van der Waals surface area contributed by atoms with E-state index in [2.05, 4.69) is 10.2 Å². The second kappa shape index (κ2) is 5.32. The van der Waals surface area contributed by atoms with Gasteiger partial charge >= 0.3 is 6.09 Å². The quantitative estimate of drug-likeness (QED) is 0.927. The van der Waals surface area contributed by atoms with E-state index in [1.807, 2.05) is 24.3 Å². The first-order valence-electron chi connectivity index (χ1n) is 6.69. The lowest BCUT2D eigenvalue weighted by atomic mass is 10.0. The lowest BCUT2D eigenvalue weighted by Crippen LogP contribution is -2.35. The normalized spacial score (nSPS) is 18.4. The van der Waals surface area contributed by atoms with Gasteiger partial charge in [-0.15, -0.1) is 0 Å². The van der Waals surface area contributed by atoms with Crippen LogP contribution in [-0.2, 0) is 6.42 Å². The summed E-state index contributed by atoms with van der Waals surface area (Å²) in [6.45, 7) is 0.639. The molecule has 0 bridgehead atoms. The number of amides is 1. The van der Waals surface area contributed by atoms with E-state index >= 15 is 0 Å². The third kappa shape index (κ3) is 2.49. The van der Waals surface area contributed by atoms with Crippen LogP contribution in [-0.4, -0.2) is 43.7 Å². The molecule has 6 heteroatoms. The van der Waals surface area contributed by atoms with Crippen LogP contribution in [0.4, 0.5) is 4.79 Å². The van der Waals surface area contributed by atoms with Gasteiger partial charge in [0.15, 0.2) is 0 Å². The first-order chi connectivity index (χ1) is 9.74. The van der Waals surface area contributed by atoms with Crippen molar-refractivity contribution in [1.29, 1.82) is 0 Å². The van der Waals surface area contributed by atoms with Crippen molar-refractivity contribution in [3.8, 4) is 5.69 Å². The Hall–Kier alpha value is -2.37. The smallest absolute Gasteiger partial charge is 0.407 e. The van der Waals surface area contributed by atoms with Crippen LogP contribution in [0.2, 0.25) is 0 Å². The molecule has 1 N–H and O–H groups in total. The predicted octanol–water partition coefficient (Wildman–Crippen LogP) is 1.95. The van der Waals surface area contributed by atoms with Crippen molar-refractivity contribution < 1.29 is 9.90 Å². The Balaban J connectivity index is 1.78. The van der Waals surface area contributed by atoms with E-state index in [1.54, 1.807) is 22.1 Å². The van der Waals surface area contributed by atoms with Crippen LogP contribution in [0.5, 0.6) is 0 Å². The van der Waals surface area contributed by atoms with Gasteiger partial charge in [0.2, 0.25) is 0 Å². The second-order valence-electron chi connectivity index (χ2n) is 4.96. The fourth-order valence-electron chi connectivity index (χ4n) is 2.73. The number of carboxylic acid groups (broad SMARTS) is 1. The maximum Gasteiger partial charge on any atom is 0.407 e. The molecule has 2 heterocycles. The van der Waals surface area contributed by atoms with Gasteiger partial charge in [-0.1, -0.05) is 12.1 Å². The van der Waals surface area contributed by atoms with Crippen molar-refractivity contribution in [3.05, 3.63) is 42.2 Å². The number of carbonyl (C=O) groups is 1. The first kappa shape index (κ1) is 12.7. The summed E-state index contributed by atoms with van der Waals surface area (Å²) in [4.78, 5) is 14.3. The molecule has 1 aliphatic rings. The molecule has 6 nitrogen and oxygen atoms in total. The molecule has 104 valence electrons. The third-order valence-corrected chi connectivity index (χ3v) is 3.65. The van der Waals surface area contributed by atoms with E-state index in [0.29, 0.717) is 6.54 Å². The van der Waals surface area contributed by atoms with Gasteiger partial charge in [0, 0.05) is 12.6 Å². The summed E-state index contributed by atoms with van der Waals surface area (Å²) < 4.78 is 0. The van der Waals surface area contributed by atoms with Crippen LogP contribution in [0.15, 0.2) is 36.7 Å². The van der Waals surface area contributed by atoms with Crippen molar-refractivity contribution in [1.82, 2.24) is 19.9 Å². The van der Waals surface area contributed by atoms with Gasteiger partial charge in [-0.05, 0) is 37.0 Å². The molecule has 1 atom stereocenters. The lowest BCUT2D eigenvalue weighted by molar-refractivity contribution is 0.140. The van der Waals surface area contributed by atoms with Crippen LogP contribution in [0.3, 0.4) is 0 Å². The molecule has 1 aromatic carbocycles. The van der Waals surface area contributed by atoms with Crippen LogP contribution < -0.4 is 0 Å². The minimum Gasteiger partial charge on any atom is -0.465 e. The Morgan fingerprint density at radius 3 is 2.90 bits per heavy atom. The Kier molecular flexibility index (Phi) is 3.37. The molecule has 0 radical (unpaired) electrons. The maximum atomic E-state index is 11.2. The van der Waals surface area contributed by atoms with Crippen molar-refractivity contribution in [2.75, 3.05) is 6.54 Å². The van der Waals surface area contributed by atoms with Crippen LogP contribution >= 0.6 is 0 Å². The summed E-state index contributed by atoms with van der Waals surface area (Å²) in [6.07, 6.45) is 5.05. The Morgan fingerprint density at radius 2 is 2.15 bits per heavy atom. The van der Waals surface area contributed by atoms with E-state index < -0.39 is 6.09 Å². The Morgan fingerprint density at radius 1 is 1.35 bits per heavy atom. The van der Waals surface area contributed by atoms with Gasteiger partial charge in [-0.3, -0.25) is 0 Å². The van der Waals surface area contributed by atoms with Gasteiger partial charge in [0.05, 0.1) is 18.1 Å². The number of hydrogen-bond acceptors (Lipinski definition) is 3.